The predicted octanol–water partition coefficient (Wildman–Crippen LogP) is 4.03. The molecular weight excluding hydrogens is 666 g/mol. The summed E-state index contributed by atoms with van der Waals surface area (Å²) in [7, 11) is 0. The summed E-state index contributed by atoms with van der Waals surface area (Å²) < 4.78 is 13.4. The smallest absolute Gasteiger partial charge is 0.313 e. The van der Waals surface area contributed by atoms with Gasteiger partial charge in [-0.15, -0.1) is 0 Å². The fourth-order valence-corrected chi connectivity index (χ4v) is 8.19. The maximum absolute atomic E-state index is 15.0. The Labute approximate surface area is 282 Å². The zero-order chi connectivity index (χ0) is 33.6. The molecule has 2 aromatic rings. The number of benzene rings is 2. The number of ether oxygens (including phenoxy) is 2. The van der Waals surface area contributed by atoms with Crippen molar-refractivity contribution in [2.45, 2.75) is 76.5 Å². The van der Waals surface area contributed by atoms with Crippen LogP contribution in [0.25, 0.3) is 0 Å². The van der Waals surface area contributed by atoms with Gasteiger partial charge in [0.15, 0.2) is 0 Å². The van der Waals surface area contributed by atoms with Crippen LogP contribution in [-0.2, 0) is 28.7 Å². The second kappa shape index (κ2) is 13.0. The lowest BCUT2D eigenvalue weighted by Crippen LogP contribution is -2.58. The average Bonchev–Trinajstić information content (AvgIpc) is 3.65. The molecule has 2 fully saturated rings. The molecule has 3 amide bonds. The van der Waals surface area contributed by atoms with Crippen LogP contribution >= 0.6 is 15.9 Å². The molecule has 0 saturated carbocycles. The van der Waals surface area contributed by atoms with Gasteiger partial charge in [0.25, 0.3) is 5.91 Å². The van der Waals surface area contributed by atoms with Crippen molar-refractivity contribution in [3.8, 4) is 0 Å². The lowest BCUT2D eigenvalue weighted by atomic mass is 9.74. The summed E-state index contributed by atoms with van der Waals surface area (Å²) in [6, 6.07) is 12.5. The van der Waals surface area contributed by atoms with Gasteiger partial charge in [0.1, 0.15) is 29.8 Å². The molecule has 47 heavy (non-hydrogen) atoms. The monoisotopic (exact) mass is 705 g/mol. The Balaban J connectivity index is 1.50. The number of allylic oxidation sites excluding steroid dienone is 1. The highest BCUT2D eigenvalue weighted by Gasteiger charge is 2.75. The summed E-state index contributed by atoms with van der Waals surface area (Å²) >= 11 is 3.59. The van der Waals surface area contributed by atoms with Crippen LogP contribution in [0.3, 0.4) is 0 Å². The largest absolute Gasteiger partial charge is 0.455 e. The van der Waals surface area contributed by atoms with Crippen molar-refractivity contribution >= 4 is 45.3 Å². The molecule has 10 nitrogen and oxygen atoms in total. The lowest BCUT2D eigenvalue weighted by molar-refractivity contribution is -0.161. The Kier molecular flexibility index (Phi) is 9.17. The van der Waals surface area contributed by atoms with E-state index in [9.17, 15) is 24.3 Å². The first-order valence-corrected chi connectivity index (χ1v) is 16.8. The van der Waals surface area contributed by atoms with E-state index in [1.807, 2.05) is 74.5 Å². The van der Waals surface area contributed by atoms with Crippen molar-refractivity contribution < 1.29 is 33.8 Å². The van der Waals surface area contributed by atoms with E-state index in [2.05, 4.69) is 21.2 Å². The Hall–Kier alpha value is -3.80. The van der Waals surface area contributed by atoms with Crippen LogP contribution < -0.4 is 10.2 Å². The number of nitrogens with zero attached hydrogens (tertiary/aromatic N) is 2. The molecule has 4 aliphatic rings. The van der Waals surface area contributed by atoms with Crippen LogP contribution in [0.4, 0.5) is 5.69 Å². The average molecular weight is 707 g/mol. The molecule has 5 bridgehead atoms. The molecule has 0 unspecified atom stereocenters. The molecule has 0 radical (unpaired) electrons. The predicted molar refractivity (Wildman–Crippen MR) is 178 cm³/mol. The second-order valence-electron chi connectivity index (χ2n) is 13.0. The molecule has 4 heterocycles. The van der Waals surface area contributed by atoms with E-state index in [1.165, 1.54) is 4.90 Å². The van der Waals surface area contributed by atoms with E-state index in [0.29, 0.717) is 22.2 Å². The van der Waals surface area contributed by atoms with Crippen LogP contribution in [-0.4, -0.2) is 76.7 Å². The van der Waals surface area contributed by atoms with Gasteiger partial charge in [-0.1, -0.05) is 70.5 Å². The molecule has 2 saturated heterocycles. The van der Waals surface area contributed by atoms with Crippen molar-refractivity contribution in [2.75, 3.05) is 18.1 Å². The molecule has 0 aliphatic carbocycles. The minimum atomic E-state index is -1.49. The number of rotatable bonds is 4. The van der Waals surface area contributed by atoms with Gasteiger partial charge in [0.05, 0.1) is 24.6 Å². The molecule has 1 spiro atoms. The number of fused-ring (bicyclic) bond motifs is 2. The molecule has 6 rings (SSSR count). The number of amides is 3. The number of aryl methyl sites for hydroxylation is 2. The summed E-state index contributed by atoms with van der Waals surface area (Å²) in [4.78, 5) is 59.8. The van der Waals surface area contributed by atoms with Gasteiger partial charge in [-0.3, -0.25) is 19.2 Å². The van der Waals surface area contributed by atoms with Crippen molar-refractivity contribution in [1.29, 1.82) is 0 Å². The van der Waals surface area contributed by atoms with Gasteiger partial charge < -0.3 is 29.7 Å². The SMILES string of the molecule is Cc1ccc(C)c(N2C/C=C\CCC(=O)N[C@H](C)[C@@H](c3ccccc3)OC(=O)[C@@H]3[C@H]4O[C@@]5(C=C4Br)[C@H](C2=O)N([C@H](C)CO)C(=O)[C@@H]35)c1. The topological polar surface area (TPSA) is 125 Å². The summed E-state index contributed by atoms with van der Waals surface area (Å²) in [5, 5.41) is 13.3. The van der Waals surface area contributed by atoms with Crippen LogP contribution in [0.2, 0.25) is 0 Å². The molecular formula is C36H40BrN3O7. The van der Waals surface area contributed by atoms with Crippen LogP contribution in [0.1, 0.15) is 49.5 Å². The number of carbonyl (C=O) groups excluding carboxylic acids is 4. The van der Waals surface area contributed by atoms with Gasteiger partial charge in [-0.2, -0.15) is 0 Å². The van der Waals surface area contributed by atoms with E-state index < -0.39 is 72.2 Å². The lowest BCUT2D eigenvalue weighted by Gasteiger charge is -2.38. The fourth-order valence-electron chi connectivity index (χ4n) is 7.45. The number of aliphatic hydroxyl groups is 1. The molecule has 11 heteroatoms. The van der Waals surface area contributed by atoms with Crippen molar-refractivity contribution in [1.82, 2.24) is 10.2 Å². The number of cyclic esters (lactones) is 1. The molecule has 2 aromatic carbocycles. The van der Waals surface area contributed by atoms with Crippen molar-refractivity contribution in [3.05, 3.63) is 87.9 Å². The standard InChI is InChI=1S/C36H40BrN3O7/c1-20-14-15-21(2)26(17-20)39-16-10-6-9-13-27(42)38-23(4)30(24-11-7-5-8-12-24)46-35(45)28-29-33(43)40(22(3)19-41)32(34(39)44)36(29)18-25(37)31(28)47-36/h5-8,10-12,14-15,17-18,22-23,28-32,41H,9,13,16,19H2,1-4H3,(H,38,42)/b10-6-/t22-,23-,28+,29-,30+,31+,32+,36-/m1/s1. The third-order valence-electron chi connectivity index (χ3n) is 9.74. The Morgan fingerprint density at radius 3 is 2.51 bits per heavy atom. The number of hydrogen-bond donors (Lipinski definition) is 2. The highest BCUT2D eigenvalue weighted by Crippen LogP contribution is 2.59. The van der Waals surface area contributed by atoms with Crippen LogP contribution in [0, 0.1) is 25.7 Å². The summed E-state index contributed by atoms with van der Waals surface area (Å²) in [6.07, 6.45) is 4.38. The number of nitrogens with one attached hydrogen (secondary N) is 1. The zero-order valence-corrected chi connectivity index (χ0v) is 28.5. The molecule has 248 valence electrons. The van der Waals surface area contributed by atoms with E-state index >= 15 is 0 Å². The van der Waals surface area contributed by atoms with Gasteiger partial charge in [-0.05, 0) is 62.9 Å². The molecule has 2 N–H and O–H groups in total. The Morgan fingerprint density at radius 2 is 1.79 bits per heavy atom. The van der Waals surface area contributed by atoms with Gasteiger partial charge in [0.2, 0.25) is 11.8 Å². The molecule has 0 aromatic heterocycles. The normalized spacial score (nSPS) is 32.5. The highest BCUT2D eigenvalue weighted by molar-refractivity contribution is 9.11. The van der Waals surface area contributed by atoms with Gasteiger partial charge >= 0.3 is 5.97 Å². The maximum atomic E-state index is 15.0. The Bertz CT molecular complexity index is 1640. The van der Waals surface area contributed by atoms with Gasteiger partial charge in [-0.25, -0.2) is 0 Å². The number of esters is 1. The maximum Gasteiger partial charge on any atom is 0.313 e. The van der Waals surface area contributed by atoms with Crippen LogP contribution in [0.15, 0.2) is 71.2 Å². The number of halogens is 1. The minimum Gasteiger partial charge on any atom is -0.455 e. The van der Waals surface area contributed by atoms with Crippen molar-refractivity contribution in [3.63, 3.8) is 0 Å². The molecule has 4 aliphatic heterocycles. The first kappa shape index (κ1) is 33.1. The highest BCUT2D eigenvalue weighted by atomic mass is 79.9. The first-order chi connectivity index (χ1) is 22.5. The van der Waals surface area contributed by atoms with Crippen molar-refractivity contribution in [2.24, 2.45) is 11.8 Å². The van der Waals surface area contributed by atoms with E-state index in [-0.39, 0.29) is 18.9 Å². The number of anilines is 1. The summed E-state index contributed by atoms with van der Waals surface area (Å²) in [5.74, 6) is -3.88. The van der Waals surface area contributed by atoms with Gasteiger partial charge in [0, 0.05) is 23.1 Å². The zero-order valence-electron chi connectivity index (χ0n) is 26.9. The summed E-state index contributed by atoms with van der Waals surface area (Å²) in [5.41, 5.74) is 1.68. The summed E-state index contributed by atoms with van der Waals surface area (Å²) in [6.45, 7) is 7.10. The number of likely N-dealkylation sites (tertiary alicyclic amines) is 1. The number of carbonyl (C=O) groups is 4. The number of hydrogen-bond acceptors (Lipinski definition) is 7. The third-order valence-corrected chi connectivity index (χ3v) is 10.4. The van der Waals surface area contributed by atoms with Crippen LogP contribution in [0.5, 0.6) is 0 Å². The number of aliphatic hydroxyl groups excluding tert-OH is 1. The first-order valence-electron chi connectivity index (χ1n) is 16.1. The molecule has 8 atom stereocenters. The quantitative estimate of drug-likeness (QED) is 0.364. The third kappa shape index (κ3) is 5.72. The minimum absolute atomic E-state index is 0.170. The Morgan fingerprint density at radius 1 is 1.04 bits per heavy atom. The second-order valence-corrected chi connectivity index (χ2v) is 13.9. The van der Waals surface area contributed by atoms with E-state index in [0.717, 1.165) is 11.1 Å². The fraction of sp³-hybridized carbons (Fsp3) is 0.444. The van der Waals surface area contributed by atoms with E-state index in [4.69, 9.17) is 9.47 Å². The van der Waals surface area contributed by atoms with E-state index in [1.54, 1.807) is 24.8 Å².